The molecule has 1 aliphatic rings. The minimum atomic E-state index is -0.873. The normalized spacial score (nSPS) is 20.5. The zero-order valence-corrected chi connectivity index (χ0v) is 12.5. The van der Waals surface area contributed by atoms with Gasteiger partial charge in [0.2, 0.25) is 0 Å². The topological polar surface area (TPSA) is 60.2 Å². The summed E-state index contributed by atoms with van der Waals surface area (Å²) in [5, 5.41) is 15.3. The Kier molecular flexibility index (Phi) is 3.68. The standard InChI is InChI=1S/C16H21N3O2/c1-3-8-19-15(17-11-18-19)10-16(20)7-6-12-4-5-13(21-2)9-14(12)16/h4-5,9,11,20H,3,6-8,10H2,1-2H3. The minimum absolute atomic E-state index is 0.493. The molecular weight excluding hydrogens is 266 g/mol. The lowest BCUT2D eigenvalue weighted by Gasteiger charge is -2.24. The van der Waals surface area contributed by atoms with Gasteiger partial charge in [0.25, 0.3) is 0 Å². The van der Waals surface area contributed by atoms with E-state index in [0.717, 1.165) is 36.5 Å². The molecule has 0 saturated carbocycles. The first-order valence-electron chi connectivity index (χ1n) is 7.43. The van der Waals surface area contributed by atoms with Gasteiger partial charge in [-0.05, 0) is 42.5 Å². The number of nitrogens with zero attached hydrogens (tertiary/aromatic N) is 3. The monoisotopic (exact) mass is 287 g/mol. The highest BCUT2D eigenvalue weighted by molar-refractivity contribution is 5.43. The first kappa shape index (κ1) is 14.1. The van der Waals surface area contributed by atoms with E-state index in [0.29, 0.717) is 12.8 Å². The quantitative estimate of drug-likeness (QED) is 0.914. The zero-order valence-electron chi connectivity index (χ0n) is 12.5. The molecule has 1 atom stereocenters. The van der Waals surface area contributed by atoms with E-state index in [2.05, 4.69) is 17.0 Å². The van der Waals surface area contributed by atoms with Crippen LogP contribution in [0, 0.1) is 0 Å². The Hall–Kier alpha value is -1.88. The molecule has 0 amide bonds. The van der Waals surface area contributed by atoms with E-state index in [1.54, 1.807) is 13.4 Å². The lowest BCUT2D eigenvalue weighted by Crippen LogP contribution is -2.27. The molecule has 0 saturated heterocycles. The van der Waals surface area contributed by atoms with Gasteiger partial charge >= 0.3 is 0 Å². The summed E-state index contributed by atoms with van der Waals surface area (Å²) < 4.78 is 7.17. The molecule has 112 valence electrons. The van der Waals surface area contributed by atoms with Crippen molar-refractivity contribution in [1.29, 1.82) is 0 Å². The highest BCUT2D eigenvalue weighted by atomic mass is 16.5. The van der Waals surface area contributed by atoms with Crippen molar-refractivity contribution >= 4 is 0 Å². The Balaban J connectivity index is 1.91. The van der Waals surface area contributed by atoms with Crippen LogP contribution in [0.25, 0.3) is 0 Å². The van der Waals surface area contributed by atoms with Gasteiger partial charge in [0, 0.05) is 13.0 Å². The van der Waals surface area contributed by atoms with E-state index < -0.39 is 5.60 Å². The Morgan fingerprint density at radius 3 is 3.05 bits per heavy atom. The number of fused-ring (bicyclic) bond motifs is 1. The third-order valence-electron chi connectivity index (χ3n) is 4.21. The van der Waals surface area contributed by atoms with Gasteiger partial charge in [-0.2, -0.15) is 5.10 Å². The molecule has 0 bridgehead atoms. The lowest BCUT2D eigenvalue weighted by atomic mass is 9.92. The number of ether oxygens (including phenoxy) is 1. The van der Waals surface area contributed by atoms with E-state index in [1.807, 2.05) is 22.9 Å². The van der Waals surface area contributed by atoms with Gasteiger partial charge in [0.05, 0.1) is 12.7 Å². The summed E-state index contributed by atoms with van der Waals surface area (Å²) in [5.74, 6) is 1.62. The fourth-order valence-corrected chi connectivity index (χ4v) is 3.08. The predicted molar refractivity (Wildman–Crippen MR) is 79.2 cm³/mol. The summed E-state index contributed by atoms with van der Waals surface area (Å²) >= 11 is 0. The Labute approximate surface area is 124 Å². The van der Waals surface area contributed by atoms with E-state index >= 15 is 0 Å². The maximum atomic E-state index is 11.1. The van der Waals surface area contributed by atoms with Crippen LogP contribution in [0.5, 0.6) is 5.75 Å². The van der Waals surface area contributed by atoms with Crippen LogP contribution >= 0.6 is 0 Å². The van der Waals surface area contributed by atoms with Crippen LogP contribution in [-0.2, 0) is 25.0 Å². The molecule has 1 aromatic carbocycles. The lowest BCUT2D eigenvalue weighted by molar-refractivity contribution is 0.0356. The number of aromatic nitrogens is 3. The average molecular weight is 287 g/mol. The van der Waals surface area contributed by atoms with Crippen LogP contribution in [0.3, 0.4) is 0 Å². The molecule has 0 radical (unpaired) electrons. The SMILES string of the molecule is CCCn1ncnc1CC1(O)CCc2ccc(OC)cc21. The maximum absolute atomic E-state index is 11.1. The summed E-state index contributed by atoms with van der Waals surface area (Å²) in [6.45, 7) is 2.94. The third kappa shape index (κ3) is 2.53. The molecule has 21 heavy (non-hydrogen) atoms. The molecule has 0 fully saturated rings. The van der Waals surface area contributed by atoms with Gasteiger partial charge in [-0.15, -0.1) is 0 Å². The van der Waals surface area contributed by atoms with E-state index in [1.165, 1.54) is 5.56 Å². The number of rotatable bonds is 5. The number of hydrogen-bond donors (Lipinski definition) is 1. The minimum Gasteiger partial charge on any atom is -0.497 e. The molecule has 2 aromatic rings. The van der Waals surface area contributed by atoms with E-state index in [4.69, 9.17) is 4.74 Å². The second-order valence-electron chi connectivity index (χ2n) is 5.63. The highest BCUT2D eigenvalue weighted by Crippen LogP contribution is 2.40. The van der Waals surface area contributed by atoms with Crippen molar-refractivity contribution in [3.63, 3.8) is 0 Å². The van der Waals surface area contributed by atoms with Crippen LogP contribution in [0.1, 0.15) is 36.7 Å². The highest BCUT2D eigenvalue weighted by Gasteiger charge is 2.38. The number of aryl methyl sites for hydroxylation is 2. The summed E-state index contributed by atoms with van der Waals surface area (Å²) in [6.07, 6.45) is 4.66. The molecule has 1 heterocycles. The number of aliphatic hydroxyl groups is 1. The molecule has 0 aliphatic heterocycles. The molecule has 1 unspecified atom stereocenters. The van der Waals surface area contributed by atoms with Crippen LogP contribution in [0.4, 0.5) is 0 Å². The van der Waals surface area contributed by atoms with Gasteiger partial charge in [0.1, 0.15) is 17.9 Å². The molecular formula is C16H21N3O2. The van der Waals surface area contributed by atoms with Gasteiger partial charge < -0.3 is 9.84 Å². The number of methoxy groups -OCH3 is 1. The molecule has 1 aromatic heterocycles. The van der Waals surface area contributed by atoms with Crippen LogP contribution < -0.4 is 4.74 Å². The van der Waals surface area contributed by atoms with Gasteiger partial charge in [0.15, 0.2) is 0 Å². The summed E-state index contributed by atoms with van der Waals surface area (Å²) in [7, 11) is 1.65. The first-order chi connectivity index (χ1) is 10.2. The van der Waals surface area contributed by atoms with Gasteiger partial charge in [-0.3, -0.25) is 0 Å². The predicted octanol–water partition coefficient (Wildman–Crippen LogP) is 2.07. The van der Waals surface area contributed by atoms with Crippen LogP contribution in [0.2, 0.25) is 0 Å². The second kappa shape index (κ2) is 5.48. The zero-order chi connectivity index (χ0) is 14.9. The number of benzene rings is 1. The van der Waals surface area contributed by atoms with Crippen molar-refractivity contribution in [3.8, 4) is 5.75 Å². The average Bonchev–Trinajstić information content (AvgIpc) is 3.05. The first-order valence-corrected chi connectivity index (χ1v) is 7.43. The smallest absolute Gasteiger partial charge is 0.138 e. The van der Waals surface area contributed by atoms with Gasteiger partial charge in [-0.1, -0.05) is 13.0 Å². The molecule has 5 heteroatoms. The Morgan fingerprint density at radius 1 is 1.43 bits per heavy atom. The maximum Gasteiger partial charge on any atom is 0.138 e. The third-order valence-corrected chi connectivity index (χ3v) is 4.21. The molecule has 0 spiro atoms. The van der Waals surface area contributed by atoms with Crippen molar-refractivity contribution in [2.45, 2.75) is 44.8 Å². The van der Waals surface area contributed by atoms with Crippen molar-refractivity contribution in [2.24, 2.45) is 0 Å². The summed E-state index contributed by atoms with van der Waals surface area (Å²) in [5.41, 5.74) is 1.29. The largest absolute Gasteiger partial charge is 0.497 e. The van der Waals surface area contributed by atoms with E-state index in [9.17, 15) is 5.11 Å². The van der Waals surface area contributed by atoms with Crippen molar-refractivity contribution in [2.75, 3.05) is 7.11 Å². The Bertz CT molecular complexity index is 638. The summed E-state index contributed by atoms with van der Waals surface area (Å²) in [6, 6.07) is 5.94. The molecule has 1 N–H and O–H groups in total. The van der Waals surface area contributed by atoms with E-state index in [-0.39, 0.29) is 0 Å². The Morgan fingerprint density at radius 2 is 2.29 bits per heavy atom. The van der Waals surface area contributed by atoms with Crippen LogP contribution in [-0.4, -0.2) is 27.0 Å². The number of hydrogen-bond acceptors (Lipinski definition) is 4. The van der Waals surface area contributed by atoms with Crippen molar-refractivity contribution in [1.82, 2.24) is 14.8 Å². The molecule has 3 rings (SSSR count). The van der Waals surface area contributed by atoms with Crippen LogP contribution in [0.15, 0.2) is 24.5 Å². The van der Waals surface area contributed by atoms with Crippen molar-refractivity contribution in [3.05, 3.63) is 41.5 Å². The fraction of sp³-hybridized carbons (Fsp3) is 0.500. The molecule has 1 aliphatic carbocycles. The van der Waals surface area contributed by atoms with Gasteiger partial charge in [-0.25, -0.2) is 9.67 Å². The fourth-order valence-electron chi connectivity index (χ4n) is 3.08. The summed E-state index contributed by atoms with van der Waals surface area (Å²) in [4.78, 5) is 4.32. The van der Waals surface area contributed by atoms with Crippen molar-refractivity contribution < 1.29 is 9.84 Å². The second-order valence-corrected chi connectivity index (χ2v) is 5.63. The molecule has 5 nitrogen and oxygen atoms in total.